The normalized spacial score (nSPS) is 11.0. The van der Waals surface area contributed by atoms with E-state index < -0.39 is 11.9 Å². The molecule has 0 unspecified atom stereocenters. The quantitative estimate of drug-likeness (QED) is 0.580. The molecule has 0 saturated carbocycles. The fourth-order valence-corrected chi connectivity index (χ4v) is 3.11. The summed E-state index contributed by atoms with van der Waals surface area (Å²) in [5.74, 6) is -0.764. The maximum absolute atomic E-state index is 12.7. The van der Waals surface area contributed by atoms with E-state index in [-0.39, 0.29) is 24.6 Å². The number of furan rings is 1. The number of benzene rings is 1. The van der Waals surface area contributed by atoms with Crippen LogP contribution in [0.2, 0.25) is 0 Å². The zero-order chi connectivity index (χ0) is 20.3. The topological polar surface area (TPSA) is 92.7 Å². The van der Waals surface area contributed by atoms with Gasteiger partial charge < -0.3 is 13.9 Å². The molecule has 148 valence electrons. The molecule has 0 fully saturated rings. The Hall–Kier alpha value is -3.29. The van der Waals surface area contributed by atoms with Gasteiger partial charge in [-0.25, -0.2) is 9.59 Å². The maximum Gasteiger partial charge on any atom is 0.374 e. The number of fused-ring (bicyclic) bond motifs is 1. The summed E-state index contributed by atoms with van der Waals surface area (Å²) in [7, 11) is 1.26. The lowest BCUT2D eigenvalue weighted by atomic mass is 10.2. The van der Waals surface area contributed by atoms with Gasteiger partial charge in [-0.1, -0.05) is 19.1 Å². The number of para-hydroxylation sites is 2. The monoisotopic (exact) mass is 386 g/mol. The first kappa shape index (κ1) is 19.5. The Labute approximate surface area is 161 Å². The van der Waals surface area contributed by atoms with Crippen molar-refractivity contribution in [2.24, 2.45) is 0 Å². The zero-order valence-electron chi connectivity index (χ0n) is 16.1. The van der Waals surface area contributed by atoms with E-state index in [2.05, 4.69) is 4.74 Å². The summed E-state index contributed by atoms with van der Waals surface area (Å²) in [5.41, 5.74) is 1.81. The Bertz CT molecular complexity index is 1070. The molecule has 3 aromatic rings. The average Bonchev–Trinajstić information content (AvgIpc) is 3.19. The van der Waals surface area contributed by atoms with Crippen LogP contribution in [-0.2, 0) is 34.0 Å². The molecule has 0 aliphatic heterocycles. The summed E-state index contributed by atoms with van der Waals surface area (Å²) in [6, 6.07) is 8.94. The van der Waals surface area contributed by atoms with E-state index in [1.54, 1.807) is 23.6 Å². The lowest BCUT2D eigenvalue weighted by Gasteiger charge is -2.04. The molecule has 2 heterocycles. The Morgan fingerprint density at radius 1 is 1.14 bits per heavy atom. The van der Waals surface area contributed by atoms with Gasteiger partial charge in [0.1, 0.15) is 18.9 Å². The first-order chi connectivity index (χ1) is 13.5. The molecule has 0 N–H and O–H groups in total. The van der Waals surface area contributed by atoms with Crippen LogP contribution in [0.5, 0.6) is 0 Å². The number of carbonyl (C=O) groups is 2. The predicted molar refractivity (Wildman–Crippen MR) is 101 cm³/mol. The number of rotatable bonds is 7. The van der Waals surface area contributed by atoms with Gasteiger partial charge in [0.2, 0.25) is 5.76 Å². The molecule has 3 rings (SSSR count). The largest absolute Gasteiger partial charge is 0.463 e. The third-order valence-electron chi connectivity index (χ3n) is 4.37. The Morgan fingerprint density at radius 2 is 1.82 bits per heavy atom. The number of esters is 2. The lowest BCUT2D eigenvalue weighted by Crippen LogP contribution is -2.27. The number of imidazole rings is 1. The van der Waals surface area contributed by atoms with Crippen LogP contribution in [0.3, 0.4) is 0 Å². The van der Waals surface area contributed by atoms with Gasteiger partial charge in [-0.05, 0) is 31.5 Å². The summed E-state index contributed by atoms with van der Waals surface area (Å²) in [4.78, 5) is 36.6. The van der Waals surface area contributed by atoms with Crippen LogP contribution in [-0.4, -0.2) is 28.2 Å². The number of ether oxygens (including phenoxy) is 2. The van der Waals surface area contributed by atoms with E-state index in [4.69, 9.17) is 9.15 Å². The molecule has 1 aromatic carbocycles. The van der Waals surface area contributed by atoms with E-state index in [0.29, 0.717) is 23.4 Å². The number of hydrogen-bond donors (Lipinski definition) is 0. The molecule has 8 heteroatoms. The molecule has 2 aromatic heterocycles. The summed E-state index contributed by atoms with van der Waals surface area (Å²) >= 11 is 0. The van der Waals surface area contributed by atoms with Crippen LogP contribution in [0, 0.1) is 6.92 Å². The van der Waals surface area contributed by atoms with Crippen LogP contribution < -0.4 is 5.69 Å². The molecule has 0 amide bonds. The Kier molecular flexibility index (Phi) is 5.67. The summed E-state index contributed by atoms with van der Waals surface area (Å²) in [6.45, 7) is 3.91. The van der Waals surface area contributed by atoms with Gasteiger partial charge in [0.15, 0.2) is 0 Å². The second kappa shape index (κ2) is 8.16. The van der Waals surface area contributed by atoms with Crippen LogP contribution in [0.25, 0.3) is 11.0 Å². The van der Waals surface area contributed by atoms with Crippen molar-refractivity contribution in [1.82, 2.24) is 9.13 Å². The van der Waals surface area contributed by atoms with Crippen molar-refractivity contribution < 1.29 is 23.5 Å². The van der Waals surface area contributed by atoms with Crippen molar-refractivity contribution in [2.75, 3.05) is 7.11 Å². The molecular weight excluding hydrogens is 364 g/mol. The predicted octanol–water partition coefficient (Wildman–Crippen LogP) is 2.64. The van der Waals surface area contributed by atoms with Crippen molar-refractivity contribution in [3.63, 3.8) is 0 Å². The first-order valence-corrected chi connectivity index (χ1v) is 8.97. The second-order valence-corrected chi connectivity index (χ2v) is 6.39. The highest BCUT2D eigenvalue weighted by Crippen LogP contribution is 2.17. The zero-order valence-corrected chi connectivity index (χ0v) is 16.1. The third-order valence-corrected chi connectivity index (χ3v) is 4.37. The van der Waals surface area contributed by atoms with Gasteiger partial charge in [0.25, 0.3) is 0 Å². The molecule has 0 spiro atoms. The van der Waals surface area contributed by atoms with Crippen molar-refractivity contribution in [1.29, 1.82) is 0 Å². The van der Waals surface area contributed by atoms with Gasteiger partial charge in [-0.2, -0.15) is 0 Å². The number of methoxy groups -OCH3 is 1. The molecule has 0 saturated heterocycles. The summed E-state index contributed by atoms with van der Waals surface area (Å²) in [5, 5.41) is 0. The summed E-state index contributed by atoms with van der Waals surface area (Å²) in [6.07, 6.45) is 0.804. The number of carbonyl (C=O) groups excluding carboxylic acids is 2. The number of hydrogen-bond acceptors (Lipinski definition) is 6. The highest BCUT2D eigenvalue weighted by Gasteiger charge is 2.18. The van der Waals surface area contributed by atoms with Crippen LogP contribution in [0.1, 0.15) is 35.2 Å². The molecule has 28 heavy (non-hydrogen) atoms. The van der Waals surface area contributed by atoms with E-state index >= 15 is 0 Å². The van der Waals surface area contributed by atoms with E-state index in [9.17, 15) is 14.4 Å². The van der Waals surface area contributed by atoms with Crippen molar-refractivity contribution in [2.45, 2.75) is 40.0 Å². The minimum atomic E-state index is -0.592. The molecule has 8 nitrogen and oxygen atoms in total. The maximum atomic E-state index is 12.7. The third kappa shape index (κ3) is 3.71. The van der Waals surface area contributed by atoms with Crippen molar-refractivity contribution in [3.8, 4) is 0 Å². The highest BCUT2D eigenvalue weighted by molar-refractivity contribution is 5.87. The molecule has 0 aliphatic carbocycles. The molecule has 0 bridgehead atoms. The number of aryl methyl sites for hydroxylation is 2. The second-order valence-electron chi connectivity index (χ2n) is 6.39. The van der Waals surface area contributed by atoms with E-state index in [1.165, 1.54) is 11.7 Å². The number of aromatic nitrogens is 2. The highest BCUT2D eigenvalue weighted by atomic mass is 16.6. The van der Waals surface area contributed by atoms with E-state index in [0.717, 1.165) is 11.9 Å². The van der Waals surface area contributed by atoms with Gasteiger partial charge in [0.05, 0.1) is 18.1 Å². The Morgan fingerprint density at radius 3 is 2.46 bits per heavy atom. The van der Waals surface area contributed by atoms with Gasteiger partial charge in [0, 0.05) is 12.1 Å². The van der Waals surface area contributed by atoms with Gasteiger partial charge in [-0.15, -0.1) is 0 Å². The van der Waals surface area contributed by atoms with Crippen molar-refractivity contribution in [3.05, 3.63) is 57.9 Å². The Balaban J connectivity index is 1.75. The molecule has 0 atom stereocenters. The molecular formula is C20H22N2O6. The van der Waals surface area contributed by atoms with Crippen molar-refractivity contribution >= 4 is 23.0 Å². The number of nitrogens with zero attached hydrogens (tertiary/aromatic N) is 2. The first-order valence-electron chi connectivity index (χ1n) is 8.97. The lowest BCUT2D eigenvalue weighted by molar-refractivity contribution is -0.146. The standard InChI is InChI=1S/C20H22N2O6/c1-4-9-21-15-7-5-6-8-16(15)22(20(21)25)11-17(23)27-12-14-10-13(2)18(28-14)19(24)26-3/h5-8,10H,4,9,11-12H2,1-3H3. The van der Waals surface area contributed by atoms with Gasteiger partial charge >= 0.3 is 17.6 Å². The minimum Gasteiger partial charge on any atom is -0.463 e. The molecule has 0 aliphatic rings. The molecule has 0 radical (unpaired) electrons. The SMILES string of the molecule is CCCn1c(=O)n(CC(=O)OCc2cc(C)c(C(=O)OC)o2)c2ccccc21. The van der Waals surface area contributed by atoms with Crippen LogP contribution >= 0.6 is 0 Å². The summed E-state index contributed by atoms with van der Waals surface area (Å²) < 4.78 is 18.3. The van der Waals surface area contributed by atoms with E-state index in [1.807, 2.05) is 25.1 Å². The average molecular weight is 386 g/mol. The fourth-order valence-electron chi connectivity index (χ4n) is 3.11. The van der Waals surface area contributed by atoms with Crippen LogP contribution in [0.4, 0.5) is 0 Å². The fraction of sp³-hybridized carbons (Fsp3) is 0.350. The van der Waals surface area contributed by atoms with Crippen LogP contribution in [0.15, 0.2) is 39.5 Å². The smallest absolute Gasteiger partial charge is 0.374 e. The minimum absolute atomic E-state index is 0.0763. The van der Waals surface area contributed by atoms with Gasteiger partial charge in [-0.3, -0.25) is 13.9 Å².